The summed E-state index contributed by atoms with van der Waals surface area (Å²) in [6.45, 7) is 1.17. The van der Waals surface area contributed by atoms with Gasteiger partial charge in [0.2, 0.25) is 11.6 Å². The number of methoxy groups -OCH3 is 1. The first-order valence-electron chi connectivity index (χ1n) is 6.70. The molecule has 2 rings (SSSR count). The van der Waals surface area contributed by atoms with Crippen LogP contribution in [0, 0.1) is 23.3 Å². The van der Waals surface area contributed by atoms with Crippen LogP contribution in [0.15, 0.2) is 0 Å². The quantitative estimate of drug-likeness (QED) is 0.655. The monoisotopic (exact) mass is 323 g/mol. The number of rotatable bonds is 3. The average molecular weight is 323 g/mol. The highest BCUT2D eigenvalue weighted by Gasteiger charge is 2.37. The normalized spacial score (nSPS) is 26.3. The Morgan fingerprint density at radius 2 is 1.73 bits per heavy atom. The van der Waals surface area contributed by atoms with E-state index in [1.54, 1.807) is 0 Å². The molecule has 2 N–H and O–H groups in total. The van der Waals surface area contributed by atoms with Crippen LogP contribution >= 0.6 is 0 Å². The van der Waals surface area contributed by atoms with Gasteiger partial charge in [-0.3, -0.25) is 4.90 Å². The Kier molecular flexibility index (Phi) is 4.65. The number of nitrogens with zero attached hydrogens (tertiary/aromatic N) is 1. The van der Waals surface area contributed by atoms with E-state index in [9.17, 15) is 27.8 Å². The third kappa shape index (κ3) is 2.90. The number of halogens is 4. The fourth-order valence-electron chi connectivity index (χ4n) is 2.43. The van der Waals surface area contributed by atoms with Crippen molar-refractivity contribution in [3.63, 3.8) is 0 Å². The standard InChI is InChI=1S/C14H17F4NO3/c1-14(21)3-4-19(6-8(14)20)5-7-9(15)11(17)13(22-2)12(18)10(7)16/h8,20-21H,3-6H2,1-2H3. The van der Waals surface area contributed by atoms with Gasteiger partial charge in [-0.2, -0.15) is 8.78 Å². The predicted octanol–water partition coefficient (Wildman–Crippen LogP) is 1.57. The molecule has 0 radical (unpaired) electrons. The molecule has 0 bridgehead atoms. The molecule has 4 nitrogen and oxygen atoms in total. The van der Waals surface area contributed by atoms with E-state index >= 15 is 0 Å². The second-order valence-corrected chi connectivity index (χ2v) is 5.63. The van der Waals surface area contributed by atoms with Crippen LogP contribution in [0.25, 0.3) is 0 Å². The molecular weight excluding hydrogens is 306 g/mol. The van der Waals surface area contributed by atoms with Gasteiger partial charge in [-0.15, -0.1) is 0 Å². The Labute approximate surface area is 124 Å². The lowest BCUT2D eigenvalue weighted by atomic mass is 9.90. The molecule has 1 saturated heterocycles. The second-order valence-electron chi connectivity index (χ2n) is 5.63. The van der Waals surface area contributed by atoms with E-state index in [1.165, 1.54) is 11.8 Å². The minimum Gasteiger partial charge on any atom is -0.491 e. The lowest BCUT2D eigenvalue weighted by Crippen LogP contribution is -2.53. The zero-order valence-corrected chi connectivity index (χ0v) is 12.2. The van der Waals surface area contributed by atoms with Crippen molar-refractivity contribution >= 4 is 0 Å². The Hall–Kier alpha value is -1.38. The number of hydrogen-bond donors (Lipinski definition) is 2. The van der Waals surface area contributed by atoms with Crippen molar-refractivity contribution in [2.24, 2.45) is 0 Å². The van der Waals surface area contributed by atoms with Gasteiger partial charge in [0.15, 0.2) is 17.4 Å². The number of aliphatic hydroxyl groups is 2. The number of likely N-dealkylation sites (tertiary alicyclic amines) is 1. The third-order valence-corrected chi connectivity index (χ3v) is 3.98. The van der Waals surface area contributed by atoms with Crippen molar-refractivity contribution < 1.29 is 32.5 Å². The molecule has 1 aromatic rings. The molecule has 1 aromatic carbocycles. The van der Waals surface area contributed by atoms with Gasteiger partial charge in [0.05, 0.1) is 18.8 Å². The van der Waals surface area contributed by atoms with Gasteiger partial charge in [0, 0.05) is 25.2 Å². The van der Waals surface area contributed by atoms with Gasteiger partial charge in [-0.25, -0.2) is 8.78 Å². The molecule has 0 aliphatic carbocycles. The van der Waals surface area contributed by atoms with Crippen LogP contribution < -0.4 is 4.74 Å². The topological polar surface area (TPSA) is 52.9 Å². The molecule has 0 saturated carbocycles. The Morgan fingerprint density at radius 1 is 1.18 bits per heavy atom. The summed E-state index contributed by atoms with van der Waals surface area (Å²) in [7, 11) is 0.906. The van der Waals surface area contributed by atoms with Crippen molar-refractivity contribution in [1.82, 2.24) is 4.90 Å². The zero-order chi connectivity index (χ0) is 16.7. The highest BCUT2D eigenvalue weighted by atomic mass is 19.2. The molecular formula is C14H17F4NO3. The fraction of sp³-hybridized carbons (Fsp3) is 0.571. The molecule has 8 heteroatoms. The summed E-state index contributed by atoms with van der Waals surface area (Å²) in [4.78, 5) is 1.41. The number of benzene rings is 1. The summed E-state index contributed by atoms with van der Waals surface area (Å²) in [6.07, 6.45) is -0.960. The Balaban J connectivity index is 2.28. The van der Waals surface area contributed by atoms with Crippen molar-refractivity contribution in [3.8, 4) is 5.75 Å². The SMILES string of the molecule is COc1c(F)c(F)c(CN2CCC(C)(O)C(O)C2)c(F)c1F. The number of piperidine rings is 1. The summed E-state index contributed by atoms with van der Waals surface area (Å²) in [5.74, 6) is -7.35. The van der Waals surface area contributed by atoms with Crippen molar-refractivity contribution in [2.45, 2.75) is 31.6 Å². The minimum absolute atomic E-state index is 0.0683. The summed E-state index contributed by atoms with van der Waals surface area (Å²) >= 11 is 0. The minimum atomic E-state index is -1.60. The van der Waals surface area contributed by atoms with Crippen molar-refractivity contribution in [3.05, 3.63) is 28.8 Å². The zero-order valence-electron chi connectivity index (χ0n) is 12.2. The first-order valence-corrected chi connectivity index (χ1v) is 6.70. The summed E-state index contributed by atoms with van der Waals surface area (Å²) < 4.78 is 59.4. The summed E-state index contributed by atoms with van der Waals surface area (Å²) in [6, 6.07) is 0. The smallest absolute Gasteiger partial charge is 0.204 e. The van der Waals surface area contributed by atoms with Crippen LogP contribution in [0.3, 0.4) is 0 Å². The maximum Gasteiger partial charge on any atom is 0.204 e. The molecule has 1 aliphatic heterocycles. The lowest BCUT2D eigenvalue weighted by molar-refractivity contribution is -0.108. The average Bonchev–Trinajstić information content (AvgIpc) is 2.46. The second kappa shape index (κ2) is 6.02. The molecule has 0 aromatic heterocycles. The predicted molar refractivity (Wildman–Crippen MR) is 69.4 cm³/mol. The van der Waals surface area contributed by atoms with E-state index in [1.807, 2.05) is 0 Å². The van der Waals surface area contributed by atoms with Gasteiger partial charge in [-0.1, -0.05) is 0 Å². The molecule has 22 heavy (non-hydrogen) atoms. The molecule has 0 spiro atoms. The van der Waals surface area contributed by atoms with E-state index < -0.39 is 52.8 Å². The largest absolute Gasteiger partial charge is 0.491 e. The molecule has 1 fully saturated rings. The lowest BCUT2D eigenvalue weighted by Gasteiger charge is -2.40. The van der Waals surface area contributed by atoms with Gasteiger partial charge < -0.3 is 14.9 Å². The van der Waals surface area contributed by atoms with E-state index in [2.05, 4.69) is 4.74 Å². The van der Waals surface area contributed by atoms with E-state index in [4.69, 9.17) is 0 Å². The van der Waals surface area contributed by atoms with E-state index in [0.29, 0.717) is 0 Å². The molecule has 2 unspecified atom stereocenters. The van der Waals surface area contributed by atoms with Crippen molar-refractivity contribution in [2.75, 3.05) is 20.2 Å². The van der Waals surface area contributed by atoms with E-state index in [0.717, 1.165) is 7.11 Å². The molecule has 1 heterocycles. The highest BCUT2D eigenvalue weighted by Crippen LogP contribution is 2.31. The third-order valence-electron chi connectivity index (χ3n) is 3.98. The van der Waals surface area contributed by atoms with Crippen LogP contribution in [0.5, 0.6) is 5.75 Å². The first kappa shape index (κ1) is 17.0. The van der Waals surface area contributed by atoms with Crippen molar-refractivity contribution in [1.29, 1.82) is 0 Å². The molecule has 1 aliphatic rings. The number of aliphatic hydroxyl groups excluding tert-OH is 1. The van der Waals surface area contributed by atoms with Crippen LogP contribution in [0.2, 0.25) is 0 Å². The van der Waals surface area contributed by atoms with Gasteiger partial charge >= 0.3 is 0 Å². The maximum atomic E-state index is 13.9. The van der Waals surface area contributed by atoms with E-state index in [-0.39, 0.29) is 19.5 Å². The molecule has 124 valence electrons. The maximum absolute atomic E-state index is 13.9. The number of ether oxygens (including phenoxy) is 1. The summed E-state index contributed by atoms with van der Waals surface area (Å²) in [5.41, 5.74) is -2.08. The van der Waals surface area contributed by atoms with Gasteiger partial charge in [-0.05, 0) is 13.3 Å². The van der Waals surface area contributed by atoms with Crippen LogP contribution in [-0.4, -0.2) is 47.0 Å². The van der Waals surface area contributed by atoms with Crippen LogP contribution in [0.4, 0.5) is 17.6 Å². The van der Waals surface area contributed by atoms with Crippen LogP contribution in [0.1, 0.15) is 18.9 Å². The molecule has 2 atom stereocenters. The van der Waals surface area contributed by atoms with Gasteiger partial charge in [0.25, 0.3) is 0 Å². The fourth-order valence-corrected chi connectivity index (χ4v) is 2.43. The first-order chi connectivity index (χ1) is 10.2. The number of hydrogen-bond acceptors (Lipinski definition) is 4. The Bertz CT molecular complexity index is 551. The van der Waals surface area contributed by atoms with Gasteiger partial charge in [0.1, 0.15) is 0 Å². The molecule has 0 amide bonds. The summed E-state index contributed by atoms with van der Waals surface area (Å²) in [5, 5.41) is 19.6. The van der Waals surface area contributed by atoms with Crippen LogP contribution in [-0.2, 0) is 6.54 Å². The number of β-amino-alcohol motifs (C(OH)–C–C–N with tert-alkyl or cyclic N) is 1. The Morgan fingerprint density at radius 3 is 2.18 bits per heavy atom. The highest BCUT2D eigenvalue weighted by molar-refractivity contribution is 5.34.